The fraction of sp³-hybridized carbons (Fsp3) is 0.400. The average molecular weight is 340 g/mol. The van der Waals surface area contributed by atoms with Crippen LogP contribution in [0.25, 0.3) is 0 Å². The Hall–Kier alpha value is -2.56. The number of aromatic nitrogens is 1. The van der Waals surface area contributed by atoms with E-state index >= 15 is 0 Å². The van der Waals surface area contributed by atoms with Crippen LogP contribution in [0.1, 0.15) is 42.5 Å². The molecular weight excluding hydrogens is 316 g/mol. The molecule has 1 aliphatic rings. The lowest BCUT2D eigenvalue weighted by atomic mass is 9.90. The molecule has 25 heavy (non-hydrogen) atoms. The van der Waals surface area contributed by atoms with Gasteiger partial charge in [-0.1, -0.05) is 25.3 Å². The van der Waals surface area contributed by atoms with Gasteiger partial charge in [-0.05, 0) is 49.1 Å². The van der Waals surface area contributed by atoms with Crippen molar-refractivity contribution in [1.82, 2.24) is 4.98 Å². The zero-order valence-corrected chi connectivity index (χ0v) is 14.5. The van der Waals surface area contributed by atoms with Gasteiger partial charge in [-0.2, -0.15) is 0 Å². The molecule has 2 aromatic rings. The van der Waals surface area contributed by atoms with Gasteiger partial charge in [0.15, 0.2) is 11.6 Å². The van der Waals surface area contributed by atoms with Crippen LogP contribution >= 0.6 is 0 Å². The first-order chi connectivity index (χ1) is 12.3. The molecule has 1 aromatic heterocycles. The molecule has 1 heterocycles. The minimum Gasteiger partial charge on any atom is -0.497 e. The number of ether oxygens (including phenoxy) is 2. The average Bonchev–Trinajstić information content (AvgIpc) is 2.68. The van der Waals surface area contributed by atoms with E-state index in [1.807, 2.05) is 12.1 Å². The second-order valence-electron chi connectivity index (χ2n) is 6.35. The first kappa shape index (κ1) is 17.3. The molecule has 3 rings (SSSR count). The molecule has 0 atom stereocenters. The van der Waals surface area contributed by atoms with Crippen molar-refractivity contribution in [2.45, 2.75) is 32.1 Å². The molecule has 132 valence electrons. The van der Waals surface area contributed by atoms with Crippen molar-refractivity contribution in [2.75, 3.05) is 19.0 Å². The van der Waals surface area contributed by atoms with Crippen LogP contribution in [0.3, 0.4) is 0 Å². The number of nitrogens with zero attached hydrogens (tertiary/aromatic N) is 1. The van der Waals surface area contributed by atoms with Gasteiger partial charge < -0.3 is 14.8 Å². The third-order valence-electron chi connectivity index (χ3n) is 4.53. The maximum atomic E-state index is 12.5. The summed E-state index contributed by atoms with van der Waals surface area (Å²) >= 11 is 0. The molecule has 0 radical (unpaired) electrons. The minimum atomic E-state index is -0.236. The maximum absolute atomic E-state index is 12.5. The molecule has 0 bridgehead atoms. The first-order valence-electron chi connectivity index (χ1n) is 8.79. The molecule has 1 fully saturated rings. The van der Waals surface area contributed by atoms with Gasteiger partial charge in [-0.25, -0.2) is 4.98 Å². The van der Waals surface area contributed by atoms with Gasteiger partial charge in [0.2, 0.25) is 0 Å². The van der Waals surface area contributed by atoms with Gasteiger partial charge in [0, 0.05) is 11.8 Å². The molecule has 1 N–H and O–H groups in total. The predicted molar refractivity (Wildman–Crippen MR) is 97.3 cm³/mol. The van der Waals surface area contributed by atoms with Gasteiger partial charge in [0.1, 0.15) is 5.75 Å². The fourth-order valence-electron chi connectivity index (χ4n) is 3.11. The molecule has 0 saturated heterocycles. The standard InChI is InChI=1S/C20H24N2O3/c1-24-17-10-5-9-16(13-17)20(23)22-19-18(11-6-12-21-19)25-14-15-7-3-2-4-8-15/h5-6,9-13,15H,2-4,7-8,14H2,1H3,(H,21,22,23). The molecular formula is C20H24N2O3. The predicted octanol–water partition coefficient (Wildman–Crippen LogP) is 4.30. The number of carbonyl (C=O) groups excluding carboxylic acids is 1. The zero-order valence-electron chi connectivity index (χ0n) is 14.5. The van der Waals surface area contributed by atoms with E-state index in [1.54, 1.807) is 37.6 Å². The van der Waals surface area contributed by atoms with E-state index < -0.39 is 0 Å². The van der Waals surface area contributed by atoms with Gasteiger partial charge in [0.25, 0.3) is 5.91 Å². The Morgan fingerprint density at radius 3 is 2.84 bits per heavy atom. The van der Waals surface area contributed by atoms with E-state index in [9.17, 15) is 4.79 Å². The number of nitrogens with one attached hydrogen (secondary N) is 1. The van der Waals surface area contributed by atoms with Crippen LogP contribution in [-0.4, -0.2) is 24.6 Å². The smallest absolute Gasteiger partial charge is 0.257 e. The highest BCUT2D eigenvalue weighted by Crippen LogP contribution is 2.27. The number of anilines is 1. The Morgan fingerprint density at radius 2 is 2.04 bits per heavy atom. The van der Waals surface area contributed by atoms with E-state index in [4.69, 9.17) is 9.47 Å². The van der Waals surface area contributed by atoms with E-state index in [-0.39, 0.29) is 5.91 Å². The summed E-state index contributed by atoms with van der Waals surface area (Å²) in [6.45, 7) is 0.674. The highest BCUT2D eigenvalue weighted by atomic mass is 16.5. The van der Waals surface area contributed by atoms with E-state index in [0.717, 1.165) is 0 Å². The molecule has 5 nitrogen and oxygen atoms in total. The largest absolute Gasteiger partial charge is 0.497 e. The number of benzene rings is 1. The number of hydrogen-bond donors (Lipinski definition) is 1. The second-order valence-corrected chi connectivity index (χ2v) is 6.35. The molecule has 1 aromatic carbocycles. The third-order valence-corrected chi connectivity index (χ3v) is 4.53. The lowest BCUT2D eigenvalue weighted by Gasteiger charge is -2.22. The fourth-order valence-corrected chi connectivity index (χ4v) is 3.11. The van der Waals surface area contributed by atoms with Crippen LogP contribution < -0.4 is 14.8 Å². The van der Waals surface area contributed by atoms with Gasteiger partial charge in [-0.15, -0.1) is 0 Å². The maximum Gasteiger partial charge on any atom is 0.257 e. The summed E-state index contributed by atoms with van der Waals surface area (Å²) in [6, 6.07) is 10.7. The summed E-state index contributed by atoms with van der Waals surface area (Å²) < 4.78 is 11.1. The van der Waals surface area contributed by atoms with Crippen molar-refractivity contribution < 1.29 is 14.3 Å². The molecule has 0 spiro atoms. The molecule has 5 heteroatoms. The van der Waals surface area contributed by atoms with Crippen molar-refractivity contribution in [3.8, 4) is 11.5 Å². The van der Waals surface area contributed by atoms with Crippen molar-refractivity contribution >= 4 is 11.7 Å². The molecule has 1 aliphatic carbocycles. The van der Waals surface area contributed by atoms with Crippen LogP contribution in [0, 0.1) is 5.92 Å². The van der Waals surface area contributed by atoms with E-state index in [0.29, 0.717) is 35.4 Å². The number of hydrogen-bond acceptors (Lipinski definition) is 4. The minimum absolute atomic E-state index is 0.236. The summed E-state index contributed by atoms with van der Waals surface area (Å²) in [5.41, 5.74) is 0.517. The topological polar surface area (TPSA) is 60.5 Å². The Morgan fingerprint density at radius 1 is 1.20 bits per heavy atom. The molecule has 0 aliphatic heterocycles. The number of pyridine rings is 1. The number of methoxy groups -OCH3 is 1. The van der Waals surface area contributed by atoms with Crippen LogP contribution in [0.5, 0.6) is 11.5 Å². The third kappa shape index (κ3) is 4.72. The van der Waals surface area contributed by atoms with Gasteiger partial charge in [-0.3, -0.25) is 4.79 Å². The van der Waals surface area contributed by atoms with Crippen LogP contribution in [0.15, 0.2) is 42.6 Å². The zero-order chi connectivity index (χ0) is 17.5. The SMILES string of the molecule is COc1cccc(C(=O)Nc2ncccc2OCC2CCCCC2)c1. The monoisotopic (exact) mass is 340 g/mol. The Kier molecular flexibility index (Phi) is 5.88. The van der Waals surface area contributed by atoms with Crippen molar-refractivity contribution in [1.29, 1.82) is 0 Å². The van der Waals surface area contributed by atoms with Crippen molar-refractivity contribution in [2.24, 2.45) is 5.92 Å². The Bertz CT molecular complexity index is 712. The summed E-state index contributed by atoms with van der Waals surface area (Å²) in [5, 5.41) is 2.84. The van der Waals surface area contributed by atoms with Gasteiger partial charge in [0.05, 0.1) is 13.7 Å². The van der Waals surface area contributed by atoms with Crippen molar-refractivity contribution in [3.05, 3.63) is 48.2 Å². The van der Waals surface area contributed by atoms with Gasteiger partial charge >= 0.3 is 0 Å². The molecule has 1 saturated carbocycles. The lowest BCUT2D eigenvalue weighted by molar-refractivity contribution is 0.102. The lowest BCUT2D eigenvalue weighted by Crippen LogP contribution is -2.17. The normalized spacial score (nSPS) is 14.8. The number of amides is 1. The number of rotatable bonds is 6. The highest BCUT2D eigenvalue weighted by molar-refractivity contribution is 6.04. The summed E-state index contributed by atoms with van der Waals surface area (Å²) in [4.78, 5) is 16.7. The Balaban J connectivity index is 1.66. The highest BCUT2D eigenvalue weighted by Gasteiger charge is 2.16. The molecule has 1 amide bonds. The summed E-state index contributed by atoms with van der Waals surface area (Å²) in [6.07, 6.45) is 7.96. The second kappa shape index (κ2) is 8.51. The Labute approximate surface area is 148 Å². The van der Waals surface area contributed by atoms with Crippen LogP contribution in [-0.2, 0) is 0 Å². The van der Waals surface area contributed by atoms with Crippen LogP contribution in [0.2, 0.25) is 0 Å². The van der Waals surface area contributed by atoms with E-state index in [2.05, 4.69) is 10.3 Å². The summed E-state index contributed by atoms with van der Waals surface area (Å²) in [5.74, 6) is 2.06. The van der Waals surface area contributed by atoms with Crippen molar-refractivity contribution in [3.63, 3.8) is 0 Å². The van der Waals surface area contributed by atoms with E-state index in [1.165, 1.54) is 32.1 Å². The number of carbonyl (C=O) groups is 1. The molecule has 0 unspecified atom stereocenters. The first-order valence-corrected chi connectivity index (χ1v) is 8.79. The summed E-state index contributed by atoms with van der Waals surface area (Å²) in [7, 11) is 1.58. The van der Waals surface area contributed by atoms with Crippen LogP contribution in [0.4, 0.5) is 5.82 Å². The quantitative estimate of drug-likeness (QED) is 0.851.